The summed E-state index contributed by atoms with van der Waals surface area (Å²) in [6, 6.07) is 3.81. The minimum atomic E-state index is -1.05. The van der Waals surface area contributed by atoms with Gasteiger partial charge in [-0.05, 0) is 77.0 Å². The van der Waals surface area contributed by atoms with Gasteiger partial charge in [0, 0.05) is 46.2 Å². The van der Waals surface area contributed by atoms with E-state index in [1.54, 1.807) is 23.1 Å². The molecule has 41 heavy (non-hydrogen) atoms. The van der Waals surface area contributed by atoms with E-state index >= 15 is 0 Å². The molecule has 0 radical (unpaired) electrons. The lowest BCUT2D eigenvalue weighted by Gasteiger charge is -2.38. The van der Waals surface area contributed by atoms with Crippen molar-refractivity contribution in [2.75, 3.05) is 39.8 Å². The number of fused-ring (bicyclic) bond motifs is 1. The molecule has 2 fully saturated rings. The van der Waals surface area contributed by atoms with Crippen LogP contribution in [-0.2, 0) is 14.3 Å². The van der Waals surface area contributed by atoms with Crippen molar-refractivity contribution in [3.05, 3.63) is 29.3 Å². The van der Waals surface area contributed by atoms with Crippen LogP contribution in [0.3, 0.4) is 0 Å². The molecule has 1 N–H and O–H groups in total. The average Bonchev–Trinajstić information content (AvgIpc) is 3.18. The lowest BCUT2D eigenvalue weighted by Crippen LogP contribution is -2.48. The third kappa shape index (κ3) is 7.44. The van der Waals surface area contributed by atoms with Gasteiger partial charge in [0.25, 0.3) is 11.8 Å². The van der Waals surface area contributed by atoms with E-state index in [4.69, 9.17) is 9.47 Å². The lowest BCUT2D eigenvalue weighted by molar-refractivity contribution is -0.124. The number of amides is 4. The highest BCUT2D eigenvalue weighted by atomic mass is 16.6. The highest BCUT2D eigenvalue weighted by Gasteiger charge is 2.42. The van der Waals surface area contributed by atoms with Crippen molar-refractivity contribution < 1.29 is 33.4 Å². The monoisotopic (exact) mass is 570 g/mol. The van der Waals surface area contributed by atoms with E-state index < -0.39 is 29.4 Å². The van der Waals surface area contributed by atoms with E-state index in [2.05, 4.69) is 10.2 Å². The number of benzene rings is 1. The van der Waals surface area contributed by atoms with Gasteiger partial charge in [0.05, 0.1) is 11.1 Å². The summed E-state index contributed by atoms with van der Waals surface area (Å²) in [7, 11) is 1.43. The fraction of sp³-hybridized carbons (Fsp3) is 0.633. The SMILES string of the molecule is CNC(=O)C(CCC=O)N1C(=O)c2ccc(OC3CCN(CC4CCN(C(=O)OC(C)(C)C)CC4)CC3)cc2C1=O. The van der Waals surface area contributed by atoms with E-state index in [1.165, 1.54) is 7.05 Å². The molecular weight excluding hydrogens is 528 g/mol. The number of likely N-dealkylation sites (tertiary alicyclic amines) is 2. The second kappa shape index (κ2) is 13.0. The number of nitrogens with one attached hydrogen (secondary N) is 1. The Morgan fingerprint density at radius 1 is 1.02 bits per heavy atom. The van der Waals surface area contributed by atoms with Crippen LogP contribution in [0.4, 0.5) is 4.79 Å². The smallest absolute Gasteiger partial charge is 0.410 e. The Bertz CT molecular complexity index is 1150. The molecule has 0 spiro atoms. The number of hydrogen-bond donors (Lipinski definition) is 1. The molecule has 11 heteroatoms. The molecule has 4 amide bonds. The van der Waals surface area contributed by atoms with Gasteiger partial charge in [-0.2, -0.15) is 0 Å². The largest absolute Gasteiger partial charge is 0.490 e. The van der Waals surface area contributed by atoms with Crippen LogP contribution in [0.2, 0.25) is 0 Å². The van der Waals surface area contributed by atoms with Crippen LogP contribution in [0.5, 0.6) is 5.75 Å². The van der Waals surface area contributed by atoms with Crippen LogP contribution >= 0.6 is 0 Å². The highest BCUT2D eigenvalue weighted by molar-refractivity contribution is 6.23. The van der Waals surface area contributed by atoms with Gasteiger partial charge in [0.2, 0.25) is 5.91 Å². The summed E-state index contributed by atoms with van der Waals surface area (Å²) >= 11 is 0. The van der Waals surface area contributed by atoms with Gasteiger partial charge in [-0.1, -0.05) is 0 Å². The number of likely N-dealkylation sites (N-methyl/N-ethyl adjacent to an activating group) is 1. The topological polar surface area (TPSA) is 126 Å². The molecule has 3 heterocycles. The van der Waals surface area contributed by atoms with Crippen LogP contribution in [0.15, 0.2) is 18.2 Å². The van der Waals surface area contributed by atoms with Gasteiger partial charge < -0.3 is 29.4 Å². The van der Waals surface area contributed by atoms with Crippen LogP contribution in [0.1, 0.15) is 80.0 Å². The number of carbonyl (C=O) groups excluding carboxylic acids is 5. The molecule has 0 bridgehead atoms. The number of ether oxygens (including phenoxy) is 2. The Hall–Kier alpha value is -3.47. The molecule has 1 atom stereocenters. The third-order valence-electron chi connectivity index (χ3n) is 7.93. The van der Waals surface area contributed by atoms with E-state index in [0.717, 1.165) is 63.3 Å². The molecule has 4 rings (SSSR count). The number of piperidine rings is 2. The van der Waals surface area contributed by atoms with Gasteiger partial charge >= 0.3 is 6.09 Å². The number of imide groups is 1. The Morgan fingerprint density at radius 2 is 1.68 bits per heavy atom. The molecule has 0 aromatic heterocycles. The molecular formula is C30H42N4O7. The summed E-state index contributed by atoms with van der Waals surface area (Å²) in [5, 5.41) is 2.48. The molecule has 1 aromatic rings. The summed E-state index contributed by atoms with van der Waals surface area (Å²) < 4.78 is 11.7. The molecule has 3 aliphatic heterocycles. The highest BCUT2D eigenvalue weighted by Crippen LogP contribution is 2.31. The maximum absolute atomic E-state index is 13.2. The first-order valence-electron chi connectivity index (χ1n) is 14.5. The fourth-order valence-electron chi connectivity index (χ4n) is 5.76. The molecule has 0 saturated carbocycles. The number of aldehydes is 1. The van der Waals surface area contributed by atoms with Gasteiger partial charge in [0.15, 0.2) is 0 Å². The first-order valence-corrected chi connectivity index (χ1v) is 14.5. The minimum absolute atomic E-state index is 0.00663. The second-order valence-electron chi connectivity index (χ2n) is 12.1. The van der Waals surface area contributed by atoms with Crippen molar-refractivity contribution in [2.45, 2.75) is 77.0 Å². The second-order valence-corrected chi connectivity index (χ2v) is 12.1. The normalized spacial score (nSPS) is 19.6. The maximum atomic E-state index is 13.2. The van der Waals surface area contributed by atoms with Crippen molar-refractivity contribution in [1.82, 2.24) is 20.0 Å². The summed E-state index contributed by atoms with van der Waals surface area (Å²) in [4.78, 5) is 67.0. The average molecular weight is 571 g/mol. The molecule has 1 aromatic carbocycles. The number of hydrogen-bond acceptors (Lipinski definition) is 8. The summed E-state index contributed by atoms with van der Waals surface area (Å²) in [5.41, 5.74) is -0.0430. The van der Waals surface area contributed by atoms with E-state index in [0.29, 0.717) is 18.0 Å². The fourth-order valence-corrected chi connectivity index (χ4v) is 5.76. The molecule has 224 valence electrons. The first kappa shape index (κ1) is 30.5. The van der Waals surface area contributed by atoms with Gasteiger partial charge in [-0.15, -0.1) is 0 Å². The number of nitrogens with zero attached hydrogens (tertiary/aromatic N) is 3. The summed E-state index contributed by atoms with van der Waals surface area (Å²) in [5.74, 6) is -0.523. The zero-order chi connectivity index (χ0) is 29.7. The molecule has 2 saturated heterocycles. The van der Waals surface area contributed by atoms with Crippen molar-refractivity contribution in [2.24, 2.45) is 5.92 Å². The van der Waals surface area contributed by atoms with E-state index in [-0.39, 0.29) is 36.2 Å². The van der Waals surface area contributed by atoms with E-state index in [1.807, 2.05) is 20.8 Å². The predicted molar refractivity (Wildman–Crippen MR) is 151 cm³/mol. The molecule has 1 unspecified atom stereocenters. The maximum Gasteiger partial charge on any atom is 0.410 e. The van der Waals surface area contributed by atoms with Crippen LogP contribution in [0, 0.1) is 5.92 Å². The Kier molecular flexibility index (Phi) is 9.68. The number of carbonyl (C=O) groups is 5. The third-order valence-corrected chi connectivity index (χ3v) is 7.93. The molecule has 11 nitrogen and oxygen atoms in total. The molecule has 3 aliphatic rings. The van der Waals surface area contributed by atoms with Crippen LogP contribution in [-0.4, -0.2) is 102 Å². The van der Waals surface area contributed by atoms with Gasteiger partial charge in [-0.25, -0.2) is 4.79 Å². The van der Waals surface area contributed by atoms with Crippen molar-refractivity contribution in [3.8, 4) is 5.75 Å². The van der Waals surface area contributed by atoms with Crippen molar-refractivity contribution in [3.63, 3.8) is 0 Å². The Labute approximate surface area is 241 Å². The molecule has 0 aliphatic carbocycles. The van der Waals surface area contributed by atoms with Crippen molar-refractivity contribution in [1.29, 1.82) is 0 Å². The summed E-state index contributed by atoms with van der Waals surface area (Å²) in [6.45, 7) is 9.88. The van der Waals surface area contributed by atoms with Gasteiger partial charge in [0.1, 0.15) is 29.8 Å². The standard InChI is InChI=1S/C30H42N4O7/c1-30(2,3)41-29(39)33-15-9-20(10-16-33)19-32-13-11-21(12-14-32)40-22-7-8-23-24(18-22)28(38)34(27(23)37)25(6-5-17-35)26(36)31-4/h7-8,17-18,20-21,25H,5-6,9-16,19H2,1-4H3,(H,31,36). The van der Waals surface area contributed by atoms with Crippen molar-refractivity contribution >= 4 is 30.1 Å². The quantitative estimate of drug-likeness (QED) is 0.355. The first-order chi connectivity index (χ1) is 19.5. The zero-order valence-corrected chi connectivity index (χ0v) is 24.5. The van der Waals surface area contributed by atoms with Gasteiger partial charge in [-0.3, -0.25) is 19.3 Å². The van der Waals surface area contributed by atoms with Crippen LogP contribution < -0.4 is 10.1 Å². The number of rotatable bonds is 9. The lowest BCUT2D eigenvalue weighted by atomic mass is 9.95. The zero-order valence-electron chi connectivity index (χ0n) is 24.5. The predicted octanol–water partition coefficient (Wildman–Crippen LogP) is 2.87. The van der Waals surface area contributed by atoms with E-state index in [9.17, 15) is 24.0 Å². The Morgan fingerprint density at radius 3 is 2.29 bits per heavy atom. The minimum Gasteiger partial charge on any atom is -0.490 e. The van der Waals surface area contributed by atoms with Crippen LogP contribution in [0.25, 0.3) is 0 Å². The summed E-state index contributed by atoms with van der Waals surface area (Å²) in [6.07, 6.45) is 4.17. The Balaban J connectivity index is 1.27.